The van der Waals surface area contributed by atoms with Gasteiger partial charge in [0.1, 0.15) is 5.75 Å². The van der Waals surface area contributed by atoms with Crippen LogP contribution < -0.4 is 9.64 Å². The molecule has 0 amide bonds. The van der Waals surface area contributed by atoms with Crippen molar-refractivity contribution in [2.45, 2.75) is 50.5 Å². The predicted molar refractivity (Wildman–Crippen MR) is 203 cm³/mol. The van der Waals surface area contributed by atoms with Crippen LogP contribution >= 0.6 is 0 Å². The first-order chi connectivity index (χ1) is 23.6. The van der Waals surface area contributed by atoms with E-state index in [-0.39, 0.29) is 0 Å². The first-order valence-corrected chi connectivity index (χ1v) is 17.6. The summed E-state index contributed by atoms with van der Waals surface area (Å²) >= 11 is 0. The lowest BCUT2D eigenvalue weighted by atomic mass is 9.79. The van der Waals surface area contributed by atoms with Crippen molar-refractivity contribution < 1.29 is 4.74 Å². The second-order valence-corrected chi connectivity index (χ2v) is 13.6. The molecule has 238 valence electrons. The van der Waals surface area contributed by atoms with Crippen molar-refractivity contribution in [3.63, 3.8) is 0 Å². The van der Waals surface area contributed by atoms with Gasteiger partial charge in [0.25, 0.3) is 0 Å². The summed E-state index contributed by atoms with van der Waals surface area (Å²) in [5.74, 6) is 0.985. The SMILES string of the molecule is CN(C)c1ccc(C2(c3ccccc3)C=Cc3c4c(c5cc(-c6ccccc6)ccc5c3O2)-c2ccccc2CCCCCCC4)cc1. The standard InChI is InChI=1S/C46H43NO/c1-47(2)38-27-25-37(26-28-38)46(36-20-11-7-12-21-36)31-30-42-40-23-13-5-3-4-8-18-34-19-14-15-22-39(34)44(40)43-32-35(33-16-9-6-10-17-33)24-29-41(43)45(42)48-46/h6-7,9-12,14-17,19-22,24-32H,3-5,8,13,18,23H2,1-2H3. The molecule has 6 aromatic carbocycles. The van der Waals surface area contributed by atoms with E-state index in [0.717, 1.165) is 29.7 Å². The van der Waals surface area contributed by atoms with E-state index >= 15 is 0 Å². The van der Waals surface area contributed by atoms with Crippen LogP contribution in [-0.2, 0) is 18.4 Å². The van der Waals surface area contributed by atoms with Crippen molar-refractivity contribution in [3.8, 4) is 28.0 Å². The first kappa shape index (κ1) is 30.3. The van der Waals surface area contributed by atoms with Crippen LogP contribution in [0.1, 0.15) is 59.9 Å². The van der Waals surface area contributed by atoms with Crippen LogP contribution in [0.3, 0.4) is 0 Å². The molecule has 1 aliphatic carbocycles. The van der Waals surface area contributed by atoms with Gasteiger partial charge in [0, 0.05) is 41.9 Å². The molecule has 1 atom stereocenters. The molecule has 1 aliphatic heterocycles. The Morgan fingerprint density at radius 1 is 0.583 bits per heavy atom. The van der Waals surface area contributed by atoms with E-state index in [2.05, 4.69) is 159 Å². The quantitative estimate of drug-likeness (QED) is 0.193. The van der Waals surface area contributed by atoms with Gasteiger partial charge >= 0.3 is 0 Å². The number of benzene rings is 6. The lowest BCUT2D eigenvalue weighted by molar-refractivity contribution is 0.163. The van der Waals surface area contributed by atoms with E-state index in [1.54, 1.807) is 0 Å². The summed E-state index contributed by atoms with van der Waals surface area (Å²) in [6.07, 6.45) is 13.1. The number of anilines is 1. The van der Waals surface area contributed by atoms with Crippen molar-refractivity contribution in [1.29, 1.82) is 0 Å². The van der Waals surface area contributed by atoms with Gasteiger partial charge in [0.15, 0.2) is 5.60 Å². The summed E-state index contributed by atoms with van der Waals surface area (Å²) < 4.78 is 7.56. The van der Waals surface area contributed by atoms with Crippen LogP contribution in [0.2, 0.25) is 0 Å². The Hall–Kier alpha value is -5.08. The van der Waals surface area contributed by atoms with Crippen LogP contribution in [0.4, 0.5) is 5.69 Å². The molecule has 0 saturated carbocycles. The molecule has 0 aromatic heterocycles. The van der Waals surface area contributed by atoms with Gasteiger partial charge in [-0.2, -0.15) is 0 Å². The second-order valence-electron chi connectivity index (χ2n) is 13.6. The molecule has 0 saturated heterocycles. The highest BCUT2D eigenvalue weighted by atomic mass is 16.5. The van der Waals surface area contributed by atoms with Crippen LogP contribution in [0.15, 0.2) is 133 Å². The average molecular weight is 626 g/mol. The van der Waals surface area contributed by atoms with Crippen molar-refractivity contribution >= 4 is 22.5 Å². The number of rotatable bonds is 4. The molecule has 8 rings (SSSR count). The Morgan fingerprint density at radius 2 is 1.25 bits per heavy atom. The summed E-state index contributed by atoms with van der Waals surface area (Å²) in [7, 11) is 4.17. The minimum absolute atomic E-state index is 0.760. The predicted octanol–water partition coefficient (Wildman–Crippen LogP) is 11.6. The molecule has 6 aromatic rings. The molecule has 0 radical (unpaired) electrons. The summed E-state index contributed by atoms with van der Waals surface area (Å²) in [6, 6.07) is 46.5. The Labute approximate surface area is 285 Å². The van der Waals surface area contributed by atoms with Crippen LogP contribution in [-0.4, -0.2) is 14.1 Å². The topological polar surface area (TPSA) is 12.5 Å². The first-order valence-electron chi connectivity index (χ1n) is 17.6. The normalized spacial score (nSPS) is 17.4. The zero-order valence-electron chi connectivity index (χ0n) is 28.1. The van der Waals surface area contributed by atoms with Gasteiger partial charge in [-0.15, -0.1) is 0 Å². The monoisotopic (exact) mass is 625 g/mol. The molecule has 0 N–H and O–H groups in total. The van der Waals surface area contributed by atoms with Gasteiger partial charge in [-0.1, -0.05) is 128 Å². The van der Waals surface area contributed by atoms with Gasteiger partial charge in [0.05, 0.1) is 0 Å². The lowest BCUT2D eigenvalue weighted by Gasteiger charge is -2.38. The average Bonchev–Trinajstić information content (AvgIpc) is 3.19. The number of hydrogen-bond acceptors (Lipinski definition) is 2. The maximum Gasteiger partial charge on any atom is 0.178 e. The molecular formula is C46H43NO. The van der Waals surface area contributed by atoms with Gasteiger partial charge in [-0.05, 0) is 94.8 Å². The third kappa shape index (κ3) is 5.40. The van der Waals surface area contributed by atoms with Gasteiger partial charge in [0.2, 0.25) is 0 Å². The van der Waals surface area contributed by atoms with Gasteiger partial charge in [-0.25, -0.2) is 0 Å². The number of aryl methyl sites for hydroxylation is 1. The van der Waals surface area contributed by atoms with Crippen molar-refractivity contribution in [2.24, 2.45) is 0 Å². The molecule has 0 spiro atoms. The van der Waals surface area contributed by atoms with E-state index in [1.807, 2.05) is 0 Å². The zero-order valence-corrected chi connectivity index (χ0v) is 28.1. The molecule has 2 heteroatoms. The van der Waals surface area contributed by atoms with Gasteiger partial charge < -0.3 is 9.64 Å². The largest absolute Gasteiger partial charge is 0.472 e. The van der Waals surface area contributed by atoms with Crippen LogP contribution in [0.25, 0.3) is 39.1 Å². The smallest absolute Gasteiger partial charge is 0.178 e. The maximum atomic E-state index is 7.56. The second kappa shape index (κ2) is 12.8. The molecule has 1 unspecified atom stereocenters. The highest BCUT2D eigenvalue weighted by Gasteiger charge is 2.39. The fraction of sp³-hybridized carbons (Fsp3) is 0.217. The van der Waals surface area contributed by atoms with E-state index in [4.69, 9.17) is 4.74 Å². The Kier molecular flexibility index (Phi) is 8.10. The number of fused-ring (bicyclic) bond motifs is 8. The molecule has 1 heterocycles. The minimum Gasteiger partial charge on any atom is -0.472 e. The molecule has 2 nitrogen and oxygen atoms in total. The van der Waals surface area contributed by atoms with Gasteiger partial charge in [-0.3, -0.25) is 0 Å². The summed E-state index contributed by atoms with van der Waals surface area (Å²) in [5, 5.41) is 2.44. The Bertz CT molecular complexity index is 2090. The molecular weight excluding hydrogens is 583 g/mol. The van der Waals surface area contributed by atoms with E-state index in [9.17, 15) is 0 Å². The number of nitrogens with zero attached hydrogens (tertiary/aromatic N) is 1. The van der Waals surface area contributed by atoms with E-state index < -0.39 is 5.60 Å². The summed E-state index contributed by atoms with van der Waals surface area (Å²) in [6.45, 7) is 0. The van der Waals surface area contributed by atoms with Crippen molar-refractivity contribution in [2.75, 3.05) is 19.0 Å². The van der Waals surface area contributed by atoms with Crippen molar-refractivity contribution in [1.82, 2.24) is 0 Å². The third-order valence-corrected chi connectivity index (χ3v) is 10.4. The van der Waals surface area contributed by atoms with Crippen molar-refractivity contribution in [3.05, 3.63) is 161 Å². The molecule has 0 fully saturated rings. The van der Waals surface area contributed by atoms with Crippen LogP contribution in [0, 0.1) is 0 Å². The fourth-order valence-electron chi connectivity index (χ4n) is 7.89. The fourth-order valence-corrected chi connectivity index (χ4v) is 7.89. The molecule has 0 bridgehead atoms. The Balaban J connectivity index is 1.43. The van der Waals surface area contributed by atoms with Crippen LogP contribution in [0.5, 0.6) is 5.75 Å². The van der Waals surface area contributed by atoms with E-state index in [0.29, 0.717) is 0 Å². The summed E-state index contributed by atoms with van der Waals surface area (Å²) in [5.41, 5.74) is 12.0. The summed E-state index contributed by atoms with van der Waals surface area (Å²) in [4.78, 5) is 2.15. The highest BCUT2D eigenvalue weighted by Crippen LogP contribution is 2.51. The third-order valence-electron chi connectivity index (χ3n) is 10.4. The molecule has 48 heavy (non-hydrogen) atoms. The highest BCUT2D eigenvalue weighted by molar-refractivity contribution is 6.07. The Morgan fingerprint density at radius 3 is 2.02 bits per heavy atom. The maximum absolute atomic E-state index is 7.56. The molecule has 2 aliphatic rings. The minimum atomic E-state index is -0.760. The lowest BCUT2D eigenvalue weighted by Crippen LogP contribution is -2.34. The number of ether oxygens (including phenoxy) is 1. The zero-order chi connectivity index (χ0) is 32.5. The number of hydrogen-bond donors (Lipinski definition) is 0. The van der Waals surface area contributed by atoms with E-state index in [1.165, 1.54) is 87.5 Å².